The van der Waals surface area contributed by atoms with Gasteiger partial charge >= 0.3 is 0 Å². The first-order valence-electron chi connectivity index (χ1n) is 10.8. The van der Waals surface area contributed by atoms with Gasteiger partial charge in [-0.2, -0.15) is 0 Å². The highest BCUT2D eigenvalue weighted by Gasteiger charge is 2.13. The van der Waals surface area contributed by atoms with Crippen molar-refractivity contribution in [3.63, 3.8) is 0 Å². The summed E-state index contributed by atoms with van der Waals surface area (Å²) in [6.45, 7) is 7.43. The Balaban J connectivity index is 1.46. The lowest BCUT2D eigenvalue weighted by Crippen LogP contribution is -1.93. The van der Waals surface area contributed by atoms with E-state index in [2.05, 4.69) is 57.6 Å². The van der Waals surface area contributed by atoms with Crippen LogP contribution in [0.1, 0.15) is 5.56 Å². The summed E-state index contributed by atoms with van der Waals surface area (Å²) in [7, 11) is 0. The van der Waals surface area contributed by atoms with Gasteiger partial charge in [-0.3, -0.25) is 4.98 Å². The van der Waals surface area contributed by atoms with Crippen LogP contribution in [0.2, 0.25) is 0 Å². The Labute approximate surface area is 190 Å². The first-order valence-corrected chi connectivity index (χ1v) is 10.8. The van der Waals surface area contributed by atoms with E-state index in [1.54, 1.807) is 0 Å². The van der Waals surface area contributed by atoms with E-state index in [-0.39, 0.29) is 0 Å². The molecule has 6 rings (SSSR count). The van der Waals surface area contributed by atoms with Crippen LogP contribution in [0.25, 0.3) is 48.8 Å². The molecule has 0 saturated carbocycles. The van der Waals surface area contributed by atoms with Crippen molar-refractivity contribution < 1.29 is 4.42 Å². The fourth-order valence-corrected chi connectivity index (χ4v) is 4.34. The summed E-state index contributed by atoms with van der Waals surface area (Å²) < 4.78 is 6.25. The van der Waals surface area contributed by atoms with Crippen molar-refractivity contribution in [3.05, 3.63) is 114 Å². The van der Waals surface area contributed by atoms with Gasteiger partial charge in [0.05, 0.1) is 5.52 Å². The number of benzene rings is 4. The number of aromatic nitrogens is 1. The zero-order valence-electron chi connectivity index (χ0n) is 17.7. The van der Waals surface area contributed by atoms with Crippen molar-refractivity contribution in [2.75, 3.05) is 5.32 Å². The van der Waals surface area contributed by atoms with Gasteiger partial charge < -0.3 is 14.6 Å². The van der Waals surface area contributed by atoms with Crippen LogP contribution in [0.4, 0.5) is 11.4 Å². The highest BCUT2D eigenvalue weighted by atomic mass is 16.3. The van der Waals surface area contributed by atoms with E-state index in [0.29, 0.717) is 6.54 Å². The van der Waals surface area contributed by atoms with Crippen LogP contribution in [-0.2, 0) is 6.54 Å². The summed E-state index contributed by atoms with van der Waals surface area (Å²) in [6.07, 6.45) is 1.82. The number of furan rings is 1. The minimum Gasteiger partial charge on any atom is -0.455 e. The van der Waals surface area contributed by atoms with Gasteiger partial charge in [0.25, 0.3) is 0 Å². The fraction of sp³-hybridized carbons (Fsp3) is 0.0345. The van der Waals surface area contributed by atoms with E-state index in [0.717, 1.165) is 60.9 Å². The molecule has 0 atom stereocenters. The van der Waals surface area contributed by atoms with Crippen molar-refractivity contribution in [1.82, 2.24) is 4.98 Å². The zero-order chi connectivity index (χ0) is 22.2. The maximum atomic E-state index is 7.03. The SMILES string of the molecule is [C-]#[N+]Cc1ccc(Nc2ccnc3ccc(-c4cccc5c4oc4ccccc45)cc23)cc1. The van der Waals surface area contributed by atoms with E-state index in [1.165, 1.54) is 0 Å². The number of rotatable bonds is 4. The van der Waals surface area contributed by atoms with E-state index in [1.807, 2.05) is 54.7 Å². The second-order valence-corrected chi connectivity index (χ2v) is 8.01. The summed E-state index contributed by atoms with van der Waals surface area (Å²) in [5, 5.41) is 6.79. The first-order chi connectivity index (χ1) is 16.3. The monoisotopic (exact) mass is 425 g/mol. The second-order valence-electron chi connectivity index (χ2n) is 8.01. The molecule has 4 aromatic carbocycles. The molecule has 1 N–H and O–H groups in total. The molecule has 0 aliphatic carbocycles. The summed E-state index contributed by atoms with van der Waals surface area (Å²) in [5.74, 6) is 0. The molecular formula is C29H19N3O. The Morgan fingerprint density at radius 1 is 0.818 bits per heavy atom. The minimum atomic E-state index is 0.398. The number of pyridine rings is 1. The van der Waals surface area contributed by atoms with Gasteiger partial charge in [0, 0.05) is 44.9 Å². The predicted molar refractivity (Wildman–Crippen MR) is 134 cm³/mol. The highest BCUT2D eigenvalue weighted by molar-refractivity contribution is 6.10. The molecule has 0 saturated heterocycles. The van der Waals surface area contributed by atoms with Crippen molar-refractivity contribution in [1.29, 1.82) is 0 Å². The molecule has 0 unspecified atom stereocenters. The van der Waals surface area contributed by atoms with E-state index in [4.69, 9.17) is 11.0 Å². The van der Waals surface area contributed by atoms with E-state index < -0.39 is 0 Å². The summed E-state index contributed by atoms with van der Waals surface area (Å²) in [4.78, 5) is 8.01. The van der Waals surface area contributed by atoms with Crippen LogP contribution < -0.4 is 5.32 Å². The van der Waals surface area contributed by atoms with Gasteiger partial charge in [0.1, 0.15) is 11.2 Å². The van der Waals surface area contributed by atoms with Gasteiger partial charge in [0.2, 0.25) is 6.54 Å². The molecule has 0 aliphatic rings. The van der Waals surface area contributed by atoms with Gasteiger partial charge in [-0.25, -0.2) is 6.57 Å². The molecule has 0 amide bonds. The molecular weight excluding hydrogens is 406 g/mol. The lowest BCUT2D eigenvalue weighted by Gasteiger charge is -2.11. The summed E-state index contributed by atoms with van der Waals surface area (Å²) in [5.41, 5.74) is 7.82. The Morgan fingerprint density at radius 2 is 1.67 bits per heavy atom. The van der Waals surface area contributed by atoms with Crippen molar-refractivity contribution in [2.24, 2.45) is 0 Å². The largest absolute Gasteiger partial charge is 0.455 e. The summed E-state index contributed by atoms with van der Waals surface area (Å²) >= 11 is 0. The predicted octanol–water partition coefficient (Wildman–Crippen LogP) is 7.96. The van der Waals surface area contributed by atoms with Crippen LogP contribution in [0.3, 0.4) is 0 Å². The summed E-state index contributed by atoms with van der Waals surface area (Å²) in [6, 6.07) is 30.7. The van der Waals surface area contributed by atoms with Gasteiger partial charge in [-0.15, -0.1) is 0 Å². The number of nitrogens with zero attached hydrogens (tertiary/aromatic N) is 2. The fourth-order valence-electron chi connectivity index (χ4n) is 4.34. The number of para-hydroxylation sites is 2. The number of anilines is 2. The Hall–Kier alpha value is -4.62. The van der Waals surface area contributed by atoms with Gasteiger partial charge in [-0.1, -0.05) is 42.5 Å². The third-order valence-electron chi connectivity index (χ3n) is 5.95. The van der Waals surface area contributed by atoms with E-state index >= 15 is 0 Å². The van der Waals surface area contributed by atoms with Crippen LogP contribution >= 0.6 is 0 Å². The molecule has 4 nitrogen and oxygen atoms in total. The van der Waals surface area contributed by atoms with Gasteiger partial charge in [0.15, 0.2) is 0 Å². The molecule has 0 radical (unpaired) electrons. The highest BCUT2D eigenvalue weighted by Crippen LogP contribution is 2.37. The van der Waals surface area contributed by atoms with Crippen LogP contribution in [0.5, 0.6) is 0 Å². The second kappa shape index (κ2) is 7.81. The molecule has 0 aliphatic heterocycles. The molecule has 2 aromatic heterocycles. The smallest absolute Gasteiger partial charge is 0.239 e. The number of fused-ring (bicyclic) bond motifs is 4. The lowest BCUT2D eigenvalue weighted by atomic mass is 10.00. The molecule has 0 fully saturated rings. The lowest BCUT2D eigenvalue weighted by molar-refractivity contribution is 0.670. The standard InChI is InChI=1S/C29H19N3O/c1-30-18-19-9-12-21(13-10-19)32-27-15-16-31-26-14-11-20(17-25(26)27)22-6-4-7-24-23-5-2-3-8-28(23)33-29(22)24/h2-17H,18H2,(H,31,32). The molecule has 2 heterocycles. The Kier molecular flexibility index (Phi) is 4.52. The third-order valence-corrected chi connectivity index (χ3v) is 5.95. The van der Waals surface area contributed by atoms with Crippen molar-refractivity contribution >= 4 is 44.2 Å². The number of nitrogens with one attached hydrogen (secondary N) is 1. The van der Waals surface area contributed by atoms with E-state index in [9.17, 15) is 0 Å². The maximum absolute atomic E-state index is 7.03. The quantitative estimate of drug-likeness (QED) is 0.291. The molecule has 4 heteroatoms. The Bertz CT molecular complexity index is 1670. The average Bonchev–Trinajstić information content (AvgIpc) is 3.24. The molecule has 33 heavy (non-hydrogen) atoms. The maximum Gasteiger partial charge on any atom is 0.239 e. The number of hydrogen-bond acceptors (Lipinski definition) is 3. The van der Waals surface area contributed by atoms with Crippen molar-refractivity contribution in [2.45, 2.75) is 6.54 Å². The topological polar surface area (TPSA) is 42.4 Å². The Morgan fingerprint density at radius 3 is 2.55 bits per heavy atom. The van der Waals surface area contributed by atoms with Crippen molar-refractivity contribution in [3.8, 4) is 11.1 Å². The normalized spacial score (nSPS) is 11.1. The van der Waals surface area contributed by atoms with Crippen LogP contribution in [-0.4, -0.2) is 4.98 Å². The minimum absolute atomic E-state index is 0.398. The van der Waals surface area contributed by atoms with Crippen LogP contribution in [0, 0.1) is 6.57 Å². The molecule has 6 aromatic rings. The molecule has 0 bridgehead atoms. The average molecular weight is 425 g/mol. The third kappa shape index (κ3) is 3.37. The van der Waals surface area contributed by atoms with Gasteiger partial charge in [-0.05, 0) is 54.1 Å². The van der Waals surface area contributed by atoms with Crippen LogP contribution in [0.15, 0.2) is 102 Å². The number of hydrogen-bond donors (Lipinski definition) is 1. The first kappa shape index (κ1) is 19.1. The zero-order valence-corrected chi connectivity index (χ0v) is 17.7. The molecule has 156 valence electrons. The molecule has 0 spiro atoms.